The van der Waals surface area contributed by atoms with Gasteiger partial charge in [0, 0.05) is 19.0 Å². The summed E-state index contributed by atoms with van der Waals surface area (Å²) in [4.78, 5) is 28.9. The van der Waals surface area contributed by atoms with Crippen molar-refractivity contribution in [2.45, 2.75) is 11.0 Å². The molecule has 0 saturated carbocycles. The van der Waals surface area contributed by atoms with E-state index in [4.69, 9.17) is 4.74 Å². The Labute approximate surface area is 155 Å². The molecule has 1 aliphatic heterocycles. The zero-order chi connectivity index (χ0) is 18.7. The summed E-state index contributed by atoms with van der Waals surface area (Å²) in [6.45, 7) is 0.164. The highest BCUT2D eigenvalue weighted by Gasteiger charge is 2.34. The smallest absolute Gasteiger partial charge is 0.265 e. The number of likely N-dealkylation sites (N-methyl/N-ethyl adjacent to an activating group) is 1. The van der Waals surface area contributed by atoms with E-state index in [0.29, 0.717) is 11.4 Å². The Bertz CT molecular complexity index is 811. The van der Waals surface area contributed by atoms with Crippen molar-refractivity contribution in [3.05, 3.63) is 54.3 Å². The Morgan fingerprint density at radius 2 is 1.88 bits per heavy atom. The van der Waals surface area contributed by atoms with Gasteiger partial charge in [-0.1, -0.05) is 12.1 Å². The fourth-order valence-corrected chi connectivity index (χ4v) is 3.42. The molecular formula is C19H19FN2O3S. The minimum absolute atomic E-state index is 0.133. The lowest BCUT2D eigenvalue weighted by Gasteiger charge is -2.35. The Hall–Kier alpha value is -2.54. The Balaban J connectivity index is 1.76. The Morgan fingerprint density at radius 3 is 2.58 bits per heavy atom. The van der Waals surface area contributed by atoms with Gasteiger partial charge in [0.2, 0.25) is 5.91 Å². The number of ether oxygens (including phenoxy) is 1. The molecule has 0 N–H and O–H groups in total. The third-order valence-corrected chi connectivity index (χ3v) is 4.96. The highest BCUT2D eigenvalue weighted by molar-refractivity contribution is 8.00. The normalized spacial score (nSPS) is 15.8. The molecule has 1 aliphatic rings. The van der Waals surface area contributed by atoms with Crippen LogP contribution in [0.2, 0.25) is 0 Å². The molecule has 0 radical (unpaired) electrons. The molecule has 0 bridgehead atoms. The number of benzene rings is 2. The average molecular weight is 374 g/mol. The summed E-state index contributed by atoms with van der Waals surface area (Å²) in [7, 11) is 3.31. The summed E-state index contributed by atoms with van der Waals surface area (Å²) in [5, 5.41) is 0. The van der Waals surface area contributed by atoms with Crippen molar-refractivity contribution in [2.24, 2.45) is 0 Å². The van der Waals surface area contributed by atoms with Crippen LogP contribution in [0.3, 0.4) is 0 Å². The van der Waals surface area contributed by atoms with Gasteiger partial charge in [0.25, 0.3) is 5.91 Å². The molecule has 3 rings (SSSR count). The largest absolute Gasteiger partial charge is 0.476 e. The van der Waals surface area contributed by atoms with E-state index < -0.39 is 6.10 Å². The quantitative estimate of drug-likeness (QED) is 0.773. The first-order valence-corrected chi connectivity index (χ1v) is 9.10. The van der Waals surface area contributed by atoms with Crippen LogP contribution in [0.5, 0.6) is 5.75 Å². The lowest BCUT2D eigenvalue weighted by Crippen LogP contribution is -2.50. The van der Waals surface area contributed by atoms with Crippen molar-refractivity contribution in [1.82, 2.24) is 4.90 Å². The van der Waals surface area contributed by atoms with Crippen LogP contribution < -0.4 is 9.64 Å². The first kappa shape index (κ1) is 18.3. The maximum atomic E-state index is 13.0. The van der Waals surface area contributed by atoms with Crippen LogP contribution in [0.4, 0.5) is 10.1 Å². The number of para-hydroxylation sites is 2. The fraction of sp³-hybridized carbons (Fsp3) is 0.263. The van der Waals surface area contributed by atoms with Crippen LogP contribution in [0, 0.1) is 5.82 Å². The van der Waals surface area contributed by atoms with Gasteiger partial charge in [-0.25, -0.2) is 4.39 Å². The summed E-state index contributed by atoms with van der Waals surface area (Å²) < 4.78 is 18.8. The van der Waals surface area contributed by atoms with E-state index in [1.165, 1.54) is 28.8 Å². The predicted octanol–water partition coefficient (Wildman–Crippen LogP) is 2.80. The number of amides is 2. The van der Waals surface area contributed by atoms with Gasteiger partial charge in [0.05, 0.1) is 18.0 Å². The van der Waals surface area contributed by atoms with E-state index in [1.807, 2.05) is 6.07 Å². The van der Waals surface area contributed by atoms with Gasteiger partial charge < -0.3 is 14.5 Å². The van der Waals surface area contributed by atoms with Crippen LogP contribution in [0.25, 0.3) is 0 Å². The molecule has 0 aliphatic carbocycles. The maximum Gasteiger partial charge on any atom is 0.265 e. The third-order valence-electron chi connectivity index (χ3n) is 3.97. The summed E-state index contributed by atoms with van der Waals surface area (Å²) in [5.74, 6) is 0.0603. The van der Waals surface area contributed by atoms with Gasteiger partial charge >= 0.3 is 0 Å². The SMILES string of the molecule is CN(C)C(=O)[C@@H]1CN(C(=O)CSc2ccc(F)cc2)c2ccccc2O1. The van der Waals surface area contributed by atoms with E-state index in [2.05, 4.69) is 0 Å². The van der Waals surface area contributed by atoms with Crippen LogP contribution in [0.15, 0.2) is 53.4 Å². The van der Waals surface area contributed by atoms with Crippen molar-refractivity contribution in [2.75, 3.05) is 31.3 Å². The van der Waals surface area contributed by atoms with Crippen molar-refractivity contribution < 1.29 is 18.7 Å². The first-order chi connectivity index (χ1) is 12.5. The van der Waals surface area contributed by atoms with Gasteiger partial charge in [-0.15, -0.1) is 11.8 Å². The van der Waals surface area contributed by atoms with Crippen LogP contribution >= 0.6 is 11.8 Å². The summed E-state index contributed by atoms with van der Waals surface area (Å²) in [6.07, 6.45) is -0.736. The molecule has 1 atom stereocenters. The maximum absolute atomic E-state index is 13.0. The highest BCUT2D eigenvalue weighted by Crippen LogP contribution is 2.34. The number of halogens is 1. The van der Waals surface area contributed by atoms with E-state index >= 15 is 0 Å². The van der Waals surface area contributed by atoms with Crippen LogP contribution in [-0.2, 0) is 9.59 Å². The Kier molecular flexibility index (Phi) is 5.46. The standard InChI is InChI=1S/C19H19FN2O3S/c1-21(2)19(24)17-11-22(15-5-3-4-6-16(15)25-17)18(23)12-26-14-9-7-13(20)8-10-14/h3-10,17H,11-12H2,1-2H3/t17-/m0/s1. The third kappa shape index (κ3) is 3.99. The predicted molar refractivity (Wildman–Crippen MR) is 99.0 cm³/mol. The second kappa shape index (κ2) is 7.78. The summed E-state index contributed by atoms with van der Waals surface area (Å²) in [5.41, 5.74) is 0.653. The van der Waals surface area contributed by atoms with E-state index in [9.17, 15) is 14.0 Å². The molecule has 0 fully saturated rings. The fourth-order valence-electron chi connectivity index (χ4n) is 2.64. The van der Waals surface area contributed by atoms with Gasteiger partial charge in [0.15, 0.2) is 6.10 Å². The lowest BCUT2D eigenvalue weighted by molar-refractivity contribution is -0.136. The van der Waals surface area contributed by atoms with Crippen LogP contribution in [-0.4, -0.2) is 49.2 Å². The minimum atomic E-state index is -0.736. The highest BCUT2D eigenvalue weighted by atomic mass is 32.2. The first-order valence-electron chi connectivity index (χ1n) is 8.11. The molecule has 136 valence electrons. The molecule has 7 heteroatoms. The lowest BCUT2D eigenvalue weighted by atomic mass is 10.1. The van der Waals surface area contributed by atoms with Crippen molar-refractivity contribution >= 4 is 29.3 Å². The molecule has 2 aromatic rings. The molecule has 1 heterocycles. The second-order valence-corrected chi connectivity index (χ2v) is 7.10. The topological polar surface area (TPSA) is 49.9 Å². The minimum Gasteiger partial charge on any atom is -0.476 e. The Morgan fingerprint density at radius 1 is 1.19 bits per heavy atom. The van der Waals surface area contributed by atoms with Gasteiger partial charge in [-0.05, 0) is 36.4 Å². The molecule has 0 unspecified atom stereocenters. The van der Waals surface area contributed by atoms with Crippen molar-refractivity contribution in [3.63, 3.8) is 0 Å². The van der Waals surface area contributed by atoms with E-state index in [0.717, 1.165) is 4.90 Å². The van der Waals surface area contributed by atoms with Gasteiger partial charge in [0.1, 0.15) is 11.6 Å². The van der Waals surface area contributed by atoms with Crippen molar-refractivity contribution in [1.29, 1.82) is 0 Å². The number of hydrogen-bond acceptors (Lipinski definition) is 4. The number of anilines is 1. The van der Waals surface area contributed by atoms with E-state index in [-0.39, 0.29) is 29.9 Å². The van der Waals surface area contributed by atoms with Gasteiger partial charge in [-0.2, -0.15) is 0 Å². The molecule has 2 aromatic carbocycles. The molecule has 0 aromatic heterocycles. The number of thioether (sulfide) groups is 1. The number of fused-ring (bicyclic) bond motifs is 1. The molecule has 26 heavy (non-hydrogen) atoms. The number of hydrogen-bond donors (Lipinski definition) is 0. The molecule has 0 spiro atoms. The van der Waals surface area contributed by atoms with Crippen LogP contribution in [0.1, 0.15) is 0 Å². The molecule has 5 nitrogen and oxygen atoms in total. The summed E-state index contributed by atoms with van der Waals surface area (Å²) >= 11 is 1.33. The number of carbonyl (C=O) groups is 2. The average Bonchev–Trinajstić information content (AvgIpc) is 2.65. The molecule has 2 amide bonds. The van der Waals surface area contributed by atoms with E-state index in [1.54, 1.807) is 49.3 Å². The number of carbonyl (C=O) groups excluding carboxylic acids is 2. The number of nitrogens with zero attached hydrogens (tertiary/aromatic N) is 2. The van der Waals surface area contributed by atoms with Gasteiger partial charge in [-0.3, -0.25) is 9.59 Å². The molecule has 0 saturated heterocycles. The summed E-state index contributed by atoms with van der Waals surface area (Å²) in [6, 6.07) is 13.2. The molecular weight excluding hydrogens is 355 g/mol. The zero-order valence-electron chi connectivity index (χ0n) is 14.5. The monoisotopic (exact) mass is 374 g/mol. The zero-order valence-corrected chi connectivity index (χ0v) is 15.3. The van der Waals surface area contributed by atoms with Crippen molar-refractivity contribution in [3.8, 4) is 5.75 Å². The second-order valence-electron chi connectivity index (χ2n) is 6.05. The number of rotatable bonds is 4.